The van der Waals surface area contributed by atoms with Gasteiger partial charge in [0, 0.05) is 24.0 Å². The van der Waals surface area contributed by atoms with Gasteiger partial charge in [-0.2, -0.15) is 0 Å². The zero-order valence-electron chi connectivity index (χ0n) is 14.4. The van der Waals surface area contributed by atoms with Crippen LogP contribution in [0.2, 0.25) is 0 Å². The number of amides is 4. The first-order valence-corrected chi connectivity index (χ1v) is 9.91. The zero-order chi connectivity index (χ0) is 17.6. The molecular formula is C18H23N3O3S. The van der Waals surface area contributed by atoms with Crippen LogP contribution in [-0.2, 0) is 22.6 Å². The number of thiophene rings is 1. The van der Waals surface area contributed by atoms with Gasteiger partial charge in [-0.15, -0.1) is 11.3 Å². The molecule has 0 N–H and O–H groups in total. The molecule has 1 saturated carbocycles. The van der Waals surface area contributed by atoms with Gasteiger partial charge in [0.05, 0.1) is 6.67 Å². The summed E-state index contributed by atoms with van der Waals surface area (Å²) in [5.41, 5.74) is 1.26. The molecule has 7 heteroatoms. The van der Waals surface area contributed by atoms with E-state index in [1.54, 1.807) is 11.3 Å². The van der Waals surface area contributed by atoms with Crippen LogP contribution < -0.4 is 0 Å². The second kappa shape index (κ2) is 6.53. The molecule has 1 aromatic heterocycles. The molecule has 1 aliphatic carbocycles. The molecule has 2 atom stereocenters. The maximum Gasteiger partial charge on any atom is 0.335 e. The third-order valence-electron chi connectivity index (χ3n) is 5.71. The highest BCUT2D eigenvalue weighted by Crippen LogP contribution is 2.31. The van der Waals surface area contributed by atoms with Crippen molar-refractivity contribution < 1.29 is 14.4 Å². The van der Waals surface area contributed by atoms with Gasteiger partial charge in [-0.1, -0.05) is 19.8 Å². The van der Waals surface area contributed by atoms with Gasteiger partial charge < -0.3 is 0 Å². The third-order valence-corrected chi connectivity index (χ3v) is 6.73. The number of hydrogen-bond donors (Lipinski definition) is 0. The first-order valence-electron chi connectivity index (χ1n) is 9.03. The molecule has 3 heterocycles. The summed E-state index contributed by atoms with van der Waals surface area (Å²) in [6.45, 7) is 3.80. The molecule has 0 spiro atoms. The van der Waals surface area contributed by atoms with E-state index < -0.39 is 17.8 Å². The highest BCUT2D eigenvalue weighted by Gasteiger charge is 2.49. The number of fused-ring (bicyclic) bond motifs is 1. The molecule has 2 aliphatic heterocycles. The fraction of sp³-hybridized carbons (Fsp3) is 0.611. The van der Waals surface area contributed by atoms with Crippen molar-refractivity contribution >= 4 is 29.2 Å². The number of carbonyl (C=O) groups is 3. The lowest BCUT2D eigenvalue weighted by atomic mass is 9.85. The lowest BCUT2D eigenvalue weighted by Gasteiger charge is -2.34. The molecule has 6 nitrogen and oxygen atoms in total. The van der Waals surface area contributed by atoms with Crippen molar-refractivity contribution in [2.45, 2.75) is 51.6 Å². The highest BCUT2D eigenvalue weighted by molar-refractivity contribution is 7.10. The summed E-state index contributed by atoms with van der Waals surface area (Å²) in [7, 11) is 0. The molecule has 4 rings (SSSR count). The molecular weight excluding hydrogens is 338 g/mol. The second-order valence-corrected chi connectivity index (χ2v) is 8.33. The molecule has 2 fully saturated rings. The Labute approximate surface area is 151 Å². The largest absolute Gasteiger partial charge is 0.335 e. The molecule has 25 heavy (non-hydrogen) atoms. The fourth-order valence-electron chi connectivity index (χ4n) is 4.25. The number of hydrogen-bond acceptors (Lipinski definition) is 5. The fourth-order valence-corrected chi connectivity index (χ4v) is 5.14. The normalized spacial score (nSPS) is 28.0. The van der Waals surface area contributed by atoms with E-state index in [2.05, 4.69) is 23.3 Å². The summed E-state index contributed by atoms with van der Waals surface area (Å²) in [5, 5.41) is 2.08. The molecule has 4 amide bonds. The topological polar surface area (TPSA) is 60.9 Å². The smallest absolute Gasteiger partial charge is 0.281 e. The molecule has 3 aliphatic rings. The van der Waals surface area contributed by atoms with Crippen LogP contribution in [0.5, 0.6) is 0 Å². The quantitative estimate of drug-likeness (QED) is 0.613. The van der Waals surface area contributed by atoms with E-state index in [1.165, 1.54) is 15.3 Å². The maximum absolute atomic E-state index is 12.8. The van der Waals surface area contributed by atoms with Gasteiger partial charge in [-0.3, -0.25) is 19.4 Å². The summed E-state index contributed by atoms with van der Waals surface area (Å²) >= 11 is 1.75. The Morgan fingerprint density at radius 1 is 1.16 bits per heavy atom. The minimum Gasteiger partial charge on any atom is -0.281 e. The van der Waals surface area contributed by atoms with E-state index in [1.807, 2.05) is 0 Å². The summed E-state index contributed by atoms with van der Waals surface area (Å²) < 4.78 is 0. The van der Waals surface area contributed by atoms with Crippen LogP contribution in [0.3, 0.4) is 0 Å². The average Bonchev–Trinajstić information content (AvgIpc) is 3.15. The molecule has 0 bridgehead atoms. The van der Waals surface area contributed by atoms with Crippen LogP contribution in [-0.4, -0.2) is 51.8 Å². The van der Waals surface area contributed by atoms with Gasteiger partial charge in [-0.05, 0) is 42.2 Å². The Morgan fingerprint density at radius 2 is 1.96 bits per heavy atom. The Balaban J connectivity index is 1.48. The maximum atomic E-state index is 12.8. The molecule has 0 radical (unpaired) electrons. The van der Waals surface area contributed by atoms with Gasteiger partial charge in [0.2, 0.25) is 0 Å². The van der Waals surface area contributed by atoms with Gasteiger partial charge in [0.15, 0.2) is 0 Å². The average molecular weight is 361 g/mol. The van der Waals surface area contributed by atoms with Crippen LogP contribution in [0.4, 0.5) is 4.79 Å². The van der Waals surface area contributed by atoms with E-state index in [0.29, 0.717) is 0 Å². The van der Waals surface area contributed by atoms with Crippen LogP contribution in [0.15, 0.2) is 11.4 Å². The predicted molar refractivity (Wildman–Crippen MR) is 93.8 cm³/mol. The van der Waals surface area contributed by atoms with Crippen LogP contribution >= 0.6 is 11.3 Å². The summed E-state index contributed by atoms with van der Waals surface area (Å²) in [5.74, 6) is -1.05. The van der Waals surface area contributed by atoms with Gasteiger partial charge in [0.25, 0.3) is 0 Å². The third kappa shape index (κ3) is 2.89. The standard InChI is InChI=1S/C18H23N3O3S/c1-12-4-2-3-5-14(12)21-17(23)16(22)20(18(21)24)11-19-8-6-15-13(10-19)7-9-25-15/h7,9,12,14H,2-6,8,10-11H2,1H3/t12-,14-/m1/s1. The predicted octanol–water partition coefficient (Wildman–Crippen LogP) is 2.43. The number of nitrogens with zero attached hydrogens (tertiary/aromatic N) is 3. The van der Waals surface area contributed by atoms with Crippen LogP contribution in [0, 0.1) is 5.92 Å². The van der Waals surface area contributed by atoms with Crippen molar-refractivity contribution in [3.63, 3.8) is 0 Å². The van der Waals surface area contributed by atoms with Gasteiger partial charge in [-0.25, -0.2) is 9.69 Å². The Morgan fingerprint density at radius 3 is 2.76 bits per heavy atom. The minimum atomic E-state index is -0.668. The lowest BCUT2D eigenvalue weighted by Crippen LogP contribution is -2.47. The highest BCUT2D eigenvalue weighted by atomic mass is 32.1. The SMILES string of the molecule is C[C@@H]1CCCC[C@H]1N1C(=O)C(=O)N(CN2CCc3sccc3C2)C1=O. The van der Waals surface area contributed by atoms with Crippen molar-refractivity contribution in [2.75, 3.05) is 13.2 Å². The van der Waals surface area contributed by atoms with Gasteiger partial charge in [0.1, 0.15) is 0 Å². The number of urea groups is 1. The molecule has 0 aromatic carbocycles. The zero-order valence-corrected chi connectivity index (χ0v) is 15.3. The van der Waals surface area contributed by atoms with E-state index in [9.17, 15) is 14.4 Å². The van der Waals surface area contributed by atoms with Crippen LogP contribution in [0.1, 0.15) is 43.0 Å². The molecule has 1 aromatic rings. The summed E-state index contributed by atoms with van der Waals surface area (Å²) in [6, 6.07) is 1.54. The Hall–Kier alpha value is -1.73. The van der Waals surface area contributed by atoms with Crippen molar-refractivity contribution in [3.05, 3.63) is 21.9 Å². The van der Waals surface area contributed by atoms with Gasteiger partial charge >= 0.3 is 17.8 Å². The van der Waals surface area contributed by atoms with Crippen LogP contribution in [0.25, 0.3) is 0 Å². The first-order chi connectivity index (χ1) is 12.1. The summed E-state index contributed by atoms with van der Waals surface area (Å²) in [6.07, 6.45) is 4.88. The Kier molecular flexibility index (Phi) is 4.37. The summed E-state index contributed by atoms with van der Waals surface area (Å²) in [4.78, 5) is 43.6. The molecule has 134 valence electrons. The van der Waals surface area contributed by atoms with E-state index >= 15 is 0 Å². The van der Waals surface area contributed by atoms with E-state index in [0.717, 1.165) is 50.1 Å². The van der Waals surface area contributed by atoms with E-state index in [4.69, 9.17) is 0 Å². The van der Waals surface area contributed by atoms with Crippen molar-refractivity contribution in [3.8, 4) is 0 Å². The number of carbonyl (C=O) groups excluding carboxylic acids is 3. The van der Waals surface area contributed by atoms with Crippen molar-refractivity contribution in [2.24, 2.45) is 5.92 Å². The number of imide groups is 2. The minimum absolute atomic E-state index is 0.132. The lowest BCUT2D eigenvalue weighted by molar-refractivity contribution is -0.145. The Bertz CT molecular complexity index is 716. The van der Waals surface area contributed by atoms with Crippen molar-refractivity contribution in [1.82, 2.24) is 14.7 Å². The molecule has 0 unspecified atom stereocenters. The monoisotopic (exact) mass is 361 g/mol. The van der Waals surface area contributed by atoms with E-state index in [-0.39, 0.29) is 18.6 Å². The first kappa shape index (κ1) is 16.7. The van der Waals surface area contributed by atoms with Crippen molar-refractivity contribution in [1.29, 1.82) is 0 Å². The number of rotatable bonds is 3. The second-order valence-electron chi connectivity index (χ2n) is 7.33. The molecule has 1 saturated heterocycles.